The zero-order valence-corrected chi connectivity index (χ0v) is 20.5. The molecule has 2 N–H and O–H groups in total. The number of sulfonamides is 1. The molecule has 0 radical (unpaired) electrons. The van der Waals surface area contributed by atoms with Gasteiger partial charge in [0.25, 0.3) is 5.91 Å². The SMILES string of the molecule is CC(CS(=O)(=O)NC1CCN(c2ccc(C(=O)N(C)CCO)cc2F)C1=O)c1ccc(Cl)s1. The lowest BCUT2D eigenvalue weighted by Crippen LogP contribution is -2.43. The molecule has 1 aromatic heterocycles. The Kier molecular flexibility index (Phi) is 8.12. The Balaban J connectivity index is 1.67. The lowest BCUT2D eigenvalue weighted by atomic mass is 10.1. The fourth-order valence-corrected chi connectivity index (χ4v) is 6.43. The van der Waals surface area contributed by atoms with E-state index in [0.717, 1.165) is 10.9 Å². The molecule has 0 bridgehead atoms. The van der Waals surface area contributed by atoms with Crippen LogP contribution in [0.2, 0.25) is 4.34 Å². The van der Waals surface area contributed by atoms with Crippen molar-refractivity contribution in [1.29, 1.82) is 0 Å². The molecule has 1 aromatic carbocycles. The zero-order chi connectivity index (χ0) is 24.3. The summed E-state index contributed by atoms with van der Waals surface area (Å²) in [5.74, 6) is -2.30. The van der Waals surface area contributed by atoms with Crippen LogP contribution in [0.4, 0.5) is 10.1 Å². The molecular weight excluding hydrogens is 493 g/mol. The van der Waals surface area contributed by atoms with Gasteiger partial charge in [0, 0.05) is 36.5 Å². The number of anilines is 1. The third-order valence-electron chi connectivity index (χ3n) is 5.34. The second-order valence-corrected chi connectivity index (χ2v) is 11.4. The number of rotatable bonds is 9. The number of thiophene rings is 1. The molecular formula is C21H25ClFN3O5S2. The molecule has 12 heteroatoms. The van der Waals surface area contributed by atoms with Crippen LogP contribution in [0, 0.1) is 5.82 Å². The van der Waals surface area contributed by atoms with Crippen molar-refractivity contribution in [1.82, 2.24) is 9.62 Å². The van der Waals surface area contributed by atoms with Crippen molar-refractivity contribution < 1.29 is 27.5 Å². The van der Waals surface area contributed by atoms with Crippen molar-refractivity contribution in [2.24, 2.45) is 0 Å². The molecule has 1 fully saturated rings. The molecule has 2 amide bonds. The van der Waals surface area contributed by atoms with Gasteiger partial charge in [0.2, 0.25) is 15.9 Å². The number of hydrogen-bond acceptors (Lipinski definition) is 6. The molecule has 0 saturated carbocycles. The highest BCUT2D eigenvalue weighted by molar-refractivity contribution is 7.89. The van der Waals surface area contributed by atoms with E-state index in [9.17, 15) is 22.4 Å². The van der Waals surface area contributed by atoms with E-state index in [0.29, 0.717) is 4.34 Å². The van der Waals surface area contributed by atoms with E-state index in [1.54, 1.807) is 19.1 Å². The monoisotopic (exact) mass is 517 g/mol. The quantitative estimate of drug-likeness (QED) is 0.531. The van der Waals surface area contributed by atoms with E-state index in [1.165, 1.54) is 40.3 Å². The Morgan fingerprint density at radius 2 is 2.12 bits per heavy atom. The maximum atomic E-state index is 14.7. The standard InChI is InChI=1S/C21H25ClFN3O5S2/c1-13(18-5-6-19(22)32-18)12-33(30,31)24-16-7-8-26(21(16)29)17-4-3-14(11-15(17)23)20(28)25(2)9-10-27/h3-6,11,13,16,24,27H,7-10,12H2,1-2H3. The Hall–Kier alpha value is -2.05. The van der Waals surface area contributed by atoms with Crippen LogP contribution in [0.5, 0.6) is 0 Å². The summed E-state index contributed by atoms with van der Waals surface area (Å²) in [5.41, 5.74) is 0.0587. The normalized spacial score (nSPS) is 17.4. The summed E-state index contributed by atoms with van der Waals surface area (Å²) in [6.07, 6.45) is 0.191. The molecule has 3 rings (SSSR count). The van der Waals surface area contributed by atoms with Gasteiger partial charge in [-0.3, -0.25) is 9.59 Å². The highest BCUT2D eigenvalue weighted by Crippen LogP contribution is 2.30. The summed E-state index contributed by atoms with van der Waals surface area (Å²) in [6, 6.07) is 6.23. The number of carbonyl (C=O) groups excluding carboxylic acids is 2. The van der Waals surface area contributed by atoms with Crippen molar-refractivity contribution in [3.8, 4) is 0 Å². The first-order valence-electron chi connectivity index (χ1n) is 10.2. The molecule has 8 nitrogen and oxygen atoms in total. The van der Waals surface area contributed by atoms with Crippen LogP contribution < -0.4 is 9.62 Å². The molecule has 1 aliphatic heterocycles. The number of amides is 2. The zero-order valence-electron chi connectivity index (χ0n) is 18.1. The molecule has 180 valence electrons. The van der Waals surface area contributed by atoms with Gasteiger partial charge in [0.15, 0.2) is 0 Å². The Morgan fingerprint density at radius 3 is 2.73 bits per heavy atom. The van der Waals surface area contributed by atoms with Crippen molar-refractivity contribution >= 4 is 50.5 Å². The minimum absolute atomic E-state index is 0.0235. The summed E-state index contributed by atoms with van der Waals surface area (Å²) < 4.78 is 43.0. The van der Waals surface area contributed by atoms with Crippen LogP contribution in [0.1, 0.15) is 34.5 Å². The number of aliphatic hydroxyl groups excluding tert-OH is 1. The largest absolute Gasteiger partial charge is 0.395 e. The maximum absolute atomic E-state index is 14.7. The molecule has 0 spiro atoms. The number of nitrogens with zero attached hydrogens (tertiary/aromatic N) is 2. The number of aliphatic hydroxyl groups is 1. The van der Waals surface area contributed by atoms with Gasteiger partial charge < -0.3 is 14.9 Å². The predicted octanol–water partition coefficient (Wildman–Crippen LogP) is 2.43. The molecule has 1 aliphatic rings. The van der Waals surface area contributed by atoms with E-state index >= 15 is 0 Å². The Bertz CT molecular complexity index is 1140. The number of hydrogen-bond donors (Lipinski definition) is 2. The van der Waals surface area contributed by atoms with Gasteiger partial charge >= 0.3 is 0 Å². The van der Waals surface area contributed by atoms with Gasteiger partial charge in [-0.1, -0.05) is 18.5 Å². The predicted molar refractivity (Wildman–Crippen MR) is 126 cm³/mol. The van der Waals surface area contributed by atoms with Crippen LogP contribution in [0.3, 0.4) is 0 Å². The molecule has 2 atom stereocenters. The molecule has 2 aromatic rings. The number of nitrogens with one attached hydrogen (secondary N) is 1. The number of likely N-dealkylation sites (N-methyl/N-ethyl adjacent to an activating group) is 1. The highest BCUT2D eigenvalue weighted by Gasteiger charge is 2.37. The fraction of sp³-hybridized carbons (Fsp3) is 0.429. The summed E-state index contributed by atoms with van der Waals surface area (Å²) in [5, 5.41) is 8.95. The average molecular weight is 518 g/mol. The second-order valence-electron chi connectivity index (χ2n) is 7.89. The first kappa shape index (κ1) is 25.6. The van der Waals surface area contributed by atoms with Crippen molar-refractivity contribution in [3.63, 3.8) is 0 Å². The molecule has 2 unspecified atom stereocenters. The van der Waals surface area contributed by atoms with Gasteiger partial charge in [0.05, 0.1) is 22.4 Å². The number of halogens is 2. The summed E-state index contributed by atoms with van der Waals surface area (Å²) >= 11 is 7.22. The first-order chi connectivity index (χ1) is 15.5. The highest BCUT2D eigenvalue weighted by atomic mass is 35.5. The lowest BCUT2D eigenvalue weighted by molar-refractivity contribution is -0.118. The van der Waals surface area contributed by atoms with Crippen LogP contribution in [0.25, 0.3) is 0 Å². The Labute approximate surface area is 201 Å². The minimum atomic E-state index is -3.78. The Morgan fingerprint density at radius 1 is 1.39 bits per heavy atom. The summed E-state index contributed by atoms with van der Waals surface area (Å²) in [4.78, 5) is 28.3. The van der Waals surface area contributed by atoms with Gasteiger partial charge in [-0.05, 0) is 36.8 Å². The van der Waals surface area contributed by atoms with Crippen LogP contribution in [-0.4, -0.2) is 68.8 Å². The van der Waals surface area contributed by atoms with Crippen LogP contribution >= 0.6 is 22.9 Å². The molecule has 33 heavy (non-hydrogen) atoms. The van der Waals surface area contributed by atoms with E-state index in [-0.39, 0.29) is 49.0 Å². The van der Waals surface area contributed by atoms with Crippen molar-refractivity contribution in [3.05, 3.63) is 50.9 Å². The number of benzene rings is 1. The fourth-order valence-electron chi connectivity index (χ4n) is 3.63. The average Bonchev–Trinajstić information content (AvgIpc) is 3.33. The van der Waals surface area contributed by atoms with E-state index in [1.807, 2.05) is 0 Å². The molecule has 2 heterocycles. The van der Waals surface area contributed by atoms with Crippen LogP contribution in [-0.2, 0) is 14.8 Å². The maximum Gasteiger partial charge on any atom is 0.253 e. The third-order valence-corrected chi connectivity index (χ3v) is 8.39. The minimum Gasteiger partial charge on any atom is -0.395 e. The smallest absolute Gasteiger partial charge is 0.253 e. The van der Waals surface area contributed by atoms with E-state index in [4.69, 9.17) is 16.7 Å². The van der Waals surface area contributed by atoms with E-state index in [2.05, 4.69) is 4.72 Å². The first-order valence-corrected chi connectivity index (χ1v) is 13.1. The van der Waals surface area contributed by atoms with Gasteiger partial charge in [-0.25, -0.2) is 17.5 Å². The third kappa shape index (κ3) is 6.10. The van der Waals surface area contributed by atoms with Crippen molar-refractivity contribution in [2.75, 3.05) is 37.4 Å². The summed E-state index contributed by atoms with van der Waals surface area (Å²) in [6.45, 7) is 1.78. The molecule has 0 aliphatic carbocycles. The van der Waals surface area contributed by atoms with Gasteiger partial charge in [-0.2, -0.15) is 0 Å². The van der Waals surface area contributed by atoms with Crippen LogP contribution in [0.15, 0.2) is 30.3 Å². The second kappa shape index (κ2) is 10.5. The topological polar surface area (TPSA) is 107 Å². The van der Waals surface area contributed by atoms with Crippen molar-refractivity contribution in [2.45, 2.75) is 25.3 Å². The van der Waals surface area contributed by atoms with E-state index < -0.39 is 33.7 Å². The number of carbonyl (C=O) groups is 2. The van der Waals surface area contributed by atoms with Gasteiger partial charge in [0.1, 0.15) is 11.9 Å². The molecule has 1 saturated heterocycles. The summed E-state index contributed by atoms with van der Waals surface area (Å²) in [7, 11) is -2.30. The van der Waals surface area contributed by atoms with Gasteiger partial charge in [-0.15, -0.1) is 11.3 Å². The lowest BCUT2D eigenvalue weighted by Gasteiger charge is -2.20.